The summed E-state index contributed by atoms with van der Waals surface area (Å²) in [6, 6.07) is 8.52. The number of carbonyl (C=O) groups excluding carboxylic acids is 2. The first kappa shape index (κ1) is 17.5. The first-order chi connectivity index (χ1) is 10.9. The molecule has 2 amide bonds. The van der Waals surface area contributed by atoms with E-state index in [-0.39, 0.29) is 30.9 Å². The summed E-state index contributed by atoms with van der Waals surface area (Å²) in [6.07, 6.45) is 3.19. The number of carbonyl (C=O) groups is 2. The molecule has 0 saturated carbocycles. The topological polar surface area (TPSA) is 43.9 Å². The van der Waals surface area contributed by atoms with Gasteiger partial charge in [-0.15, -0.1) is 0 Å². The van der Waals surface area contributed by atoms with E-state index < -0.39 is 0 Å². The Morgan fingerprint density at radius 1 is 1.04 bits per heavy atom. The molecule has 1 atom stereocenters. The Kier molecular flexibility index (Phi) is 5.77. The van der Waals surface area contributed by atoms with E-state index in [1.807, 2.05) is 25.1 Å². The second kappa shape index (κ2) is 7.59. The zero-order valence-electron chi connectivity index (χ0n) is 14.6. The molecule has 0 aliphatic heterocycles. The molecule has 0 radical (unpaired) electrons. The highest BCUT2D eigenvalue weighted by molar-refractivity contribution is 5.81. The molecule has 1 aromatic rings. The Labute approximate surface area is 138 Å². The fourth-order valence-corrected chi connectivity index (χ4v) is 3.08. The lowest BCUT2D eigenvalue weighted by atomic mass is 9.87. The van der Waals surface area contributed by atoms with Gasteiger partial charge >= 0.3 is 0 Å². The molecule has 0 spiro atoms. The van der Waals surface area contributed by atoms with Crippen molar-refractivity contribution >= 4 is 11.8 Å². The minimum atomic E-state index is 0.00552. The highest BCUT2D eigenvalue weighted by Gasteiger charge is 2.27. The molecule has 5 heteroatoms. The van der Waals surface area contributed by atoms with Crippen LogP contribution in [0.1, 0.15) is 30.0 Å². The van der Waals surface area contributed by atoms with Gasteiger partial charge in [0, 0.05) is 21.1 Å². The third-order valence-corrected chi connectivity index (χ3v) is 4.51. The van der Waals surface area contributed by atoms with Gasteiger partial charge in [-0.25, -0.2) is 0 Å². The third kappa shape index (κ3) is 4.32. The first-order valence-electron chi connectivity index (χ1n) is 8.12. The Bertz CT molecular complexity index is 571. The van der Waals surface area contributed by atoms with Crippen LogP contribution in [0.5, 0.6) is 0 Å². The number of aryl methyl sites for hydroxylation is 1. The molecule has 0 heterocycles. The summed E-state index contributed by atoms with van der Waals surface area (Å²) in [5.41, 5.74) is 2.61. The molecule has 5 nitrogen and oxygen atoms in total. The number of benzene rings is 1. The van der Waals surface area contributed by atoms with Gasteiger partial charge in [-0.2, -0.15) is 0 Å². The number of likely N-dealkylation sites (N-methyl/N-ethyl adjacent to an activating group) is 3. The normalized spacial score (nSPS) is 16.8. The van der Waals surface area contributed by atoms with Gasteiger partial charge in [0.1, 0.15) is 0 Å². The third-order valence-electron chi connectivity index (χ3n) is 4.51. The molecular formula is C18H27N3O2. The predicted octanol–water partition coefficient (Wildman–Crippen LogP) is 1.54. The molecule has 1 aliphatic rings. The average Bonchev–Trinajstić information content (AvgIpc) is 2.53. The van der Waals surface area contributed by atoms with Crippen LogP contribution in [-0.4, -0.2) is 67.8 Å². The fraction of sp³-hybridized carbons (Fsp3) is 0.556. The second-order valence-electron chi connectivity index (χ2n) is 6.57. The Balaban J connectivity index is 1.99. The van der Waals surface area contributed by atoms with Crippen LogP contribution in [-0.2, 0) is 16.0 Å². The summed E-state index contributed by atoms with van der Waals surface area (Å²) < 4.78 is 0. The molecule has 0 N–H and O–H groups in total. The van der Waals surface area contributed by atoms with Crippen molar-refractivity contribution in [2.45, 2.75) is 25.3 Å². The van der Waals surface area contributed by atoms with Crippen LogP contribution in [0.4, 0.5) is 0 Å². The van der Waals surface area contributed by atoms with E-state index in [4.69, 9.17) is 0 Å². The van der Waals surface area contributed by atoms with Gasteiger partial charge in [0.15, 0.2) is 0 Å². The summed E-state index contributed by atoms with van der Waals surface area (Å²) >= 11 is 0. The Hall–Kier alpha value is -1.88. The predicted molar refractivity (Wildman–Crippen MR) is 91.1 cm³/mol. The molecule has 0 fully saturated rings. The van der Waals surface area contributed by atoms with Gasteiger partial charge < -0.3 is 9.80 Å². The molecule has 2 rings (SSSR count). The van der Waals surface area contributed by atoms with Crippen LogP contribution in [0.25, 0.3) is 0 Å². The average molecular weight is 317 g/mol. The van der Waals surface area contributed by atoms with Crippen molar-refractivity contribution in [2.24, 2.45) is 0 Å². The summed E-state index contributed by atoms with van der Waals surface area (Å²) in [6.45, 7) is 0.516. The van der Waals surface area contributed by atoms with Gasteiger partial charge in [-0.05, 0) is 37.4 Å². The molecule has 23 heavy (non-hydrogen) atoms. The van der Waals surface area contributed by atoms with Crippen molar-refractivity contribution in [3.63, 3.8) is 0 Å². The van der Waals surface area contributed by atoms with Crippen molar-refractivity contribution in [3.8, 4) is 0 Å². The minimum Gasteiger partial charge on any atom is -0.348 e. The smallest absolute Gasteiger partial charge is 0.237 e. The Morgan fingerprint density at radius 2 is 1.70 bits per heavy atom. The van der Waals surface area contributed by atoms with E-state index in [2.05, 4.69) is 18.2 Å². The summed E-state index contributed by atoms with van der Waals surface area (Å²) in [5.74, 6) is 0.0618. The zero-order chi connectivity index (χ0) is 17.0. The van der Waals surface area contributed by atoms with Gasteiger partial charge in [0.2, 0.25) is 11.8 Å². The van der Waals surface area contributed by atoms with E-state index in [1.54, 1.807) is 23.9 Å². The lowest BCUT2D eigenvalue weighted by Gasteiger charge is -2.34. The number of hydrogen-bond acceptors (Lipinski definition) is 3. The standard InChI is InChI=1S/C18H27N3O2/c1-19(2)17(22)12-20(3)13-18(23)21(4)16-11-7-9-14-8-5-6-10-15(14)16/h5-6,8,10,16H,7,9,11-13H2,1-4H3. The van der Waals surface area contributed by atoms with Crippen molar-refractivity contribution < 1.29 is 9.59 Å². The van der Waals surface area contributed by atoms with Crippen LogP contribution >= 0.6 is 0 Å². The maximum atomic E-state index is 12.6. The van der Waals surface area contributed by atoms with Crippen LogP contribution in [0.2, 0.25) is 0 Å². The summed E-state index contributed by atoms with van der Waals surface area (Å²) in [5, 5.41) is 0. The molecule has 1 aliphatic carbocycles. The number of nitrogens with zero attached hydrogens (tertiary/aromatic N) is 3. The second-order valence-corrected chi connectivity index (χ2v) is 6.57. The van der Waals surface area contributed by atoms with Gasteiger partial charge in [-0.1, -0.05) is 24.3 Å². The highest BCUT2D eigenvalue weighted by Crippen LogP contribution is 2.33. The van der Waals surface area contributed by atoms with Crippen molar-refractivity contribution in [1.29, 1.82) is 0 Å². The fourth-order valence-electron chi connectivity index (χ4n) is 3.08. The van der Waals surface area contributed by atoms with Gasteiger partial charge in [-0.3, -0.25) is 14.5 Å². The summed E-state index contributed by atoms with van der Waals surface area (Å²) in [4.78, 5) is 29.5. The number of rotatable bonds is 5. The quantitative estimate of drug-likeness (QED) is 0.827. The van der Waals surface area contributed by atoms with Crippen LogP contribution in [0.3, 0.4) is 0 Å². The lowest BCUT2D eigenvalue weighted by Crippen LogP contribution is -2.42. The molecule has 1 aromatic carbocycles. The van der Waals surface area contributed by atoms with E-state index in [1.165, 1.54) is 11.1 Å². The largest absolute Gasteiger partial charge is 0.348 e. The number of hydrogen-bond donors (Lipinski definition) is 0. The van der Waals surface area contributed by atoms with E-state index >= 15 is 0 Å². The van der Waals surface area contributed by atoms with E-state index in [0.717, 1.165) is 19.3 Å². The first-order valence-corrected chi connectivity index (χ1v) is 8.12. The van der Waals surface area contributed by atoms with E-state index in [0.29, 0.717) is 0 Å². The number of amides is 2. The summed E-state index contributed by atoms with van der Waals surface area (Å²) in [7, 11) is 7.13. The van der Waals surface area contributed by atoms with Crippen molar-refractivity contribution in [3.05, 3.63) is 35.4 Å². The van der Waals surface area contributed by atoms with Gasteiger partial charge in [0.05, 0.1) is 19.1 Å². The van der Waals surface area contributed by atoms with Crippen molar-refractivity contribution in [2.75, 3.05) is 41.3 Å². The highest BCUT2D eigenvalue weighted by atomic mass is 16.2. The van der Waals surface area contributed by atoms with Crippen LogP contribution in [0, 0.1) is 0 Å². The monoisotopic (exact) mass is 317 g/mol. The molecule has 0 saturated heterocycles. The number of fused-ring (bicyclic) bond motifs is 1. The van der Waals surface area contributed by atoms with Crippen molar-refractivity contribution in [1.82, 2.24) is 14.7 Å². The maximum absolute atomic E-state index is 12.6. The molecular weight excluding hydrogens is 290 g/mol. The maximum Gasteiger partial charge on any atom is 0.237 e. The molecule has 126 valence electrons. The SMILES string of the molecule is CN(CC(=O)N(C)C)CC(=O)N(C)C1CCCc2ccccc21. The Morgan fingerprint density at radius 3 is 2.39 bits per heavy atom. The molecule has 0 aromatic heterocycles. The minimum absolute atomic E-state index is 0.00552. The van der Waals surface area contributed by atoms with E-state index in [9.17, 15) is 9.59 Å². The zero-order valence-corrected chi connectivity index (χ0v) is 14.6. The molecule has 1 unspecified atom stereocenters. The van der Waals surface area contributed by atoms with Crippen LogP contribution in [0.15, 0.2) is 24.3 Å². The van der Waals surface area contributed by atoms with Gasteiger partial charge in [0.25, 0.3) is 0 Å². The van der Waals surface area contributed by atoms with Crippen LogP contribution < -0.4 is 0 Å². The molecule has 0 bridgehead atoms. The lowest BCUT2D eigenvalue weighted by molar-refractivity contribution is -0.135.